The number of hydrogen-bond donors (Lipinski definition) is 0. The van der Waals surface area contributed by atoms with Gasteiger partial charge < -0.3 is 9.32 Å². The third kappa shape index (κ3) is 4.70. The Bertz CT molecular complexity index is 2260. The summed E-state index contributed by atoms with van der Waals surface area (Å²) in [6, 6.07) is 45.6. The van der Waals surface area contributed by atoms with Crippen LogP contribution < -0.4 is 4.90 Å². The van der Waals surface area contributed by atoms with E-state index in [0.29, 0.717) is 16.9 Å². The van der Waals surface area contributed by atoms with Crippen molar-refractivity contribution in [2.45, 2.75) is 0 Å². The van der Waals surface area contributed by atoms with Gasteiger partial charge in [0.2, 0.25) is 0 Å². The van der Waals surface area contributed by atoms with Crippen molar-refractivity contribution in [3.05, 3.63) is 162 Å². The summed E-state index contributed by atoms with van der Waals surface area (Å²) in [7, 11) is 0. The minimum absolute atomic E-state index is 0.433. The van der Waals surface area contributed by atoms with Crippen LogP contribution in [0.15, 0.2) is 138 Å². The Morgan fingerprint density at radius 2 is 1.18 bits per heavy atom. The fourth-order valence-corrected chi connectivity index (χ4v) is 5.60. The molecule has 0 aliphatic carbocycles. The molecule has 1 heterocycles. The molecule has 0 amide bonds. The Morgan fingerprint density at radius 1 is 0.568 bits per heavy atom. The predicted octanol–water partition coefficient (Wildman–Crippen LogP) is 11.4. The zero-order valence-electron chi connectivity index (χ0n) is 23.4. The minimum Gasteiger partial charge on any atom is -0.455 e. The average Bonchev–Trinajstić information content (AvgIpc) is 3.48. The Kier molecular flexibility index (Phi) is 6.57. The first-order valence-electron chi connectivity index (χ1n) is 14.0. The lowest BCUT2D eigenvalue weighted by atomic mass is 10.0. The van der Waals surface area contributed by atoms with Crippen molar-refractivity contribution in [2.75, 3.05) is 4.90 Å². The van der Waals surface area contributed by atoms with E-state index in [1.807, 2.05) is 66.7 Å². The summed E-state index contributed by atoms with van der Waals surface area (Å²) in [5.74, 6) is 0. The van der Waals surface area contributed by atoms with Gasteiger partial charge in [0.05, 0.1) is 19.2 Å². The van der Waals surface area contributed by atoms with Gasteiger partial charge in [-0.3, -0.25) is 0 Å². The Hall–Kier alpha value is -6.61. The highest BCUT2D eigenvalue weighted by Crippen LogP contribution is 2.40. The van der Waals surface area contributed by atoms with E-state index < -0.39 is 0 Å². The first kappa shape index (κ1) is 26.3. The van der Waals surface area contributed by atoms with Crippen LogP contribution in [-0.2, 0) is 0 Å². The number of nitriles is 1. The Morgan fingerprint density at radius 3 is 1.84 bits per heavy atom. The van der Waals surface area contributed by atoms with Crippen LogP contribution in [0, 0.1) is 24.5 Å². The molecule has 0 aliphatic rings. The summed E-state index contributed by atoms with van der Waals surface area (Å²) in [6.45, 7) is 14.8. The van der Waals surface area contributed by atoms with Crippen molar-refractivity contribution in [3.8, 4) is 28.3 Å². The van der Waals surface area contributed by atoms with Crippen LogP contribution in [0.4, 0.5) is 28.4 Å². The molecule has 0 saturated carbocycles. The highest BCUT2D eigenvalue weighted by Gasteiger charge is 2.16. The molecule has 0 saturated heterocycles. The van der Waals surface area contributed by atoms with Crippen LogP contribution in [0.3, 0.4) is 0 Å². The number of hydrogen-bond acceptors (Lipinski definition) is 3. The zero-order valence-corrected chi connectivity index (χ0v) is 23.4. The van der Waals surface area contributed by atoms with E-state index in [9.17, 15) is 5.26 Å². The molecule has 0 N–H and O–H groups in total. The van der Waals surface area contributed by atoms with Crippen LogP contribution in [0.2, 0.25) is 0 Å². The van der Waals surface area contributed by atoms with E-state index in [2.05, 4.69) is 69.2 Å². The van der Waals surface area contributed by atoms with Gasteiger partial charge in [-0.15, -0.1) is 0 Å². The molecule has 0 radical (unpaired) electrons. The van der Waals surface area contributed by atoms with Crippen LogP contribution in [-0.4, -0.2) is 0 Å². The summed E-state index contributed by atoms with van der Waals surface area (Å²) < 4.78 is 6.28. The molecule has 7 aromatic rings. The second-order valence-electron chi connectivity index (χ2n) is 10.3. The van der Waals surface area contributed by atoms with Gasteiger partial charge in [0.15, 0.2) is 11.4 Å². The molecule has 7 rings (SSSR count). The lowest BCUT2D eigenvalue weighted by molar-refractivity contribution is 0.670. The van der Waals surface area contributed by atoms with Crippen molar-refractivity contribution in [1.29, 1.82) is 5.26 Å². The molecule has 0 aliphatic heterocycles. The largest absolute Gasteiger partial charge is 0.455 e. The van der Waals surface area contributed by atoms with Crippen molar-refractivity contribution in [2.24, 2.45) is 0 Å². The van der Waals surface area contributed by atoms with E-state index in [0.717, 1.165) is 61.3 Å². The zero-order chi connectivity index (χ0) is 30.0. The normalized spacial score (nSPS) is 10.7. The number of nitrogens with zero attached hydrogens (tertiary/aromatic N) is 4. The number of anilines is 3. The Balaban J connectivity index is 1.29. The third-order valence-corrected chi connectivity index (χ3v) is 7.71. The third-order valence-electron chi connectivity index (χ3n) is 7.71. The first-order valence-corrected chi connectivity index (χ1v) is 14.0. The highest BCUT2D eigenvalue weighted by atomic mass is 16.3. The fraction of sp³-hybridized carbons (Fsp3) is 0. The van der Waals surface area contributed by atoms with Crippen LogP contribution in [0.25, 0.3) is 53.9 Å². The lowest BCUT2D eigenvalue weighted by Crippen LogP contribution is -2.09. The van der Waals surface area contributed by atoms with E-state index in [4.69, 9.17) is 17.6 Å². The van der Waals surface area contributed by atoms with Crippen molar-refractivity contribution in [1.82, 2.24) is 0 Å². The molecule has 1 aromatic heterocycles. The van der Waals surface area contributed by atoms with Gasteiger partial charge in [-0.2, -0.15) is 5.26 Å². The SMILES string of the molecule is [C-]#[N+]c1ccc(N(c2ccc(-c3cc(C#N)cc([N+]#[C-])c3)cc2)c2ccc(-c3cccc4c3oc3ccccc34)cc2)cc1. The minimum atomic E-state index is 0.433. The number of rotatable bonds is 5. The molecule has 6 aromatic carbocycles. The predicted molar refractivity (Wildman–Crippen MR) is 177 cm³/mol. The van der Waals surface area contributed by atoms with Crippen LogP contribution >= 0.6 is 0 Å². The number of fused-ring (bicyclic) bond motifs is 3. The standard InChI is InChI=1S/C39H22N4O/c1-41-30-14-20-34(21-15-30)43(32-16-10-27(11-17-32)29-22-26(25-40)23-31(24-29)42-2)33-18-12-28(13-19-33)35-7-5-8-37-36-6-3-4-9-38(36)44-39(35)37/h3-24H. The van der Waals surface area contributed by atoms with E-state index in [1.54, 1.807) is 18.2 Å². The maximum absolute atomic E-state index is 9.43. The molecular formula is C39H22N4O. The number of para-hydroxylation sites is 2. The molecule has 0 bridgehead atoms. The molecule has 0 spiro atoms. The van der Waals surface area contributed by atoms with Gasteiger partial charge in [0.1, 0.15) is 11.2 Å². The van der Waals surface area contributed by atoms with Gasteiger partial charge in [0.25, 0.3) is 0 Å². The van der Waals surface area contributed by atoms with E-state index >= 15 is 0 Å². The Labute approximate surface area is 254 Å². The smallest absolute Gasteiger partial charge is 0.189 e. The second-order valence-corrected chi connectivity index (χ2v) is 10.3. The molecule has 5 heteroatoms. The maximum Gasteiger partial charge on any atom is 0.189 e. The molecule has 44 heavy (non-hydrogen) atoms. The molecular weight excluding hydrogens is 540 g/mol. The van der Waals surface area contributed by atoms with Gasteiger partial charge in [-0.1, -0.05) is 72.8 Å². The molecule has 5 nitrogen and oxygen atoms in total. The summed E-state index contributed by atoms with van der Waals surface area (Å²) in [5.41, 5.74) is 9.80. The van der Waals surface area contributed by atoms with Gasteiger partial charge >= 0.3 is 0 Å². The first-order chi connectivity index (χ1) is 21.6. The van der Waals surface area contributed by atoms with Gasteiger partial charge in [-0.25, -0.2) is 9.69 Å². The summed E-state index contributed by atoms with van der Waals surface area (Å²) in [5, 5.41) is 11.6. The molecule has 0 unspecified atom stereocenters. The van der Waals surface area contributed by atoms with Crippen molar-refractivity contribution in [3.63, 3.8) is 0 Å². The van der Waals surface area contributed by atoms with Gasteiger partial charge in [0, 0.05) is 39.0 Å². The molecule has 0 fully saturated rings. The fourth-order valence-electron chi connectivity index (χ4n) is 5.60. The topological polar surface area (TPSA) is 48.9 Å². The highest BCUT2D eigenvalue weighted by molar-refractivity contribution is 6.09. The summed E-state index contributed by atoms with van der Waals surface area (Å²) in [4.78, 5) is 9.22. The quantitative estimate of drug-likeness (QED) is 0.196. The van der Waals surface area contributed by atoms with Crippen molar-refractivity contribution >= 4 is 50.4 Å². The van der Waals surface area contributed by atoms with Crippen LogP contribution in [0.1, 0.15) is 5.56 Å². The lowest BCUT2D eigenvalue weighted by Gasteiger charge is -2.26. The summed E-state index contributed by atoms with van der Waals surface area (Å²) in [6.07, 6.45) is 0. The second kappa shape index (κ2) is 11.0. The van der Waals surface area contributed by atoms with Crippen molar-refractivity contribution < 1.29 is 4.42 Å². The number of benzene rings is 6. The summed E-state index contributed by atoms with van der Waals surface area (Å²) >= 11 is 0. The average molecular weight is 563 g/mol. The van der Waals surface area contributed by atoms with E-state index in [1.165, 1.54) is 0 Å². The monoisotopic (exact) mass is 562 g/mol. The van der Waals surface area contributed by atoms with E-state index in [-0.39, 0.29) is 0 Å². The number of furan rings is 1. The van der Waals surface area contributed by atoms with Gasteiger partial charge in [-0.05, 0) is 77.4 Å². The van der Waals surface area contributed by atoms with Crippen LogP contribution in [0.5, 0.6) is 0 Å². The molecule has 0 atom stereocenters. The molecule has 204 valence electrons. The maximum atomic E-state index is 9.43.